The van der Waals surface area contributed by atoms with Crippen molar-refractivity contribution in [1.82, 2.24) is 5.32 Å². The van der Waals surface area contributed by atoms with E-state index in [1.807, 2.05) is 12.1 Å². The average Bonchev–Trinajstić information content (AvgIpc) is 2.46. The molecule has 2 heteroatoms. The molecule has 0 saturated carbocycles. The van der Waals surface area contributed by atoms with Gasteiger partial charge in [-0.05, 0) is 44.9 Å². The SMILES string of the molecule is Cc1ccccc1C(C)NCc1ccccc1OC(C)C. The van der Waals surface area contributed by atoms with E-state index in [9.17, 15) is 0 Å². The van der Waals surface area contributed by atoms with Gasteiger partial charge >= 0.3 is 0 Å². The Hall–Kier alpha value is -1.80. The third kappa shape index (κ3) is 4.33. The highest BCUT2D eigenvalue weighted by Crippen LogP contribution is 2.22. The van der Waals surface area contributed by atoms with Crippen LogP contribution in [0.1, 0.15) is 43.5 Å². The second kappa shape index (κ2) is 7.28. The van der Waals surface area contributed by atoms with Crippen LogP contribution in [-0.4, -0.2) is 6.10 Å². The number of aryl methyl sites for hydroxylation is 1. The predicted octanol–water partition coefficient (Wildman–Crippen LogP) is 4.63. The van der Waals surface area contributed by atoms with Gasteiger partial charge in [0.05, 0.1) is 6.10 Å². The average molecular weight is 283 g/mol. The molecule has 2 aromatic carbocycles. The zero-order valence-corrected chi connectivity index (χ0v) is 13.4. The number of hydrogen-bond donors (Lipinski definition) is 1. The fraction of sp³-hybridized carbons (Fsp3) is 0.368. The molecule has 0 saturated heterocycles. The van der Waals surface area contributed by atoms with E-state index in [4.69, 9.17) is 4.74 Å². The van der Waals surface area contributed by atoms with Crippen molar-refractivity contribution in [3.05, 3.63) is 65.2 Å². The summed E-state index contributed by atoms with van der Waals surface area (Å²) in [5.41, 5.74) is 3.87. The fourth-order valence-corrected chi connectivity index (χ4v) is 2.46. The molecule has 0 aliphatic rings. The van der Waals surface area contributed by atoms with Crippen molar-refractivity contribution in [1.29, 1.82) is 0 Å². The minimum atomic E-state index is 0.194. The van der Waals surface area contributed by atoms with Gasteiger partial charge in [0.15, 0.2) is 0 Å². The van der Waals surface area contributed by atoms with Crippen molar-refractivity contribution in [3.8, 4) is 5.75 Å². The van der Waals surface area contributed by atoms with Gasteiger partial charge in [-0.15, -0.1) is 0 Å². The molecule has 0 aliphatic carbocycles. The smallest absolute Gasteiger partial charge is 0.124 e. The molecular weight excluding hydrogens is 258 g/mol. The number of hydrogen-bond acceptors (Lipinski definition) is 2. The van der Waals surface area contributed by atoms with Crippen LogP contribution in [0.2, 0.25) is 0 Å². The lowest BCUT2D eigenvalue weighted by molar-refractivity contribution is 0.239. The van der Waals surface area contributed by atoms with Gasteiger partial charge in [-0.3, -0.25) is 0 Å². The van der Waals surface area contributed by atoms with Crippen LogP contribution in [0.4, 0.5) is 0 Å². The number of rotatable bonds is 6. The minimum Gasteiger partial charge on any atom is -0.491 e. The highest BCUT2D eigenvalue weighted by Gasteiger charge is 2.09. The van der Waals surface area contributed by atoms with Crippen molar-refractivity contribution >= 4 is 0 Å². The maximum absolute atomic E-state index is 5.87. The normalized spacial score (nSPS) is 12.4. The highest BCUT2D eigenvalue weighted by atomic mass is 16.5. The first kappa shape index (κ1) is 15.6. The first-order chi connectivity index (χ1) is 10.1. The zero-order valence-electron chi connectivity index (χ0n) is 13.4. The summed E-state index contributed by atoms with van der Waals surface area (Å²) in [5, 5.41) is 3.59. The van der Waals surface area contributed by atoms with Gasteiger partial charge in [0.2, 0.25) is 0 Å². The Morgan fingerprint density at radius 3 is 2.33 bits per heavy atom. The molecule has 21 heavy (non-hydrogen) atoms. The summed E-state index contributed by atoms with van der Waals surface area (Å²) < 4.78 is 5.87. The monoisotopic (exact) mass is 283 g/mol. The van der Waals surface area contributed by atoms with Crippen LogP contribution in [0.15, 0.2) is 48.5 Å². The largest absolute Gasteiger partial charge is 0.491 e. The summed E-state index contributed by atoms with van der Waals surface area (Å²) in [6.45, 7) is 9.27. The van der Waals surface area contributed by atoms with Gasteiger partial charge in [-0.2, -0.15) is 0 Å². The van der Waals surface area contributed by atoms with Crippen LogP contribution in [0.5, 0.6) is 5.75 Å². The van der Waals surface area contributed by atoms with Gasteiger partial charge < -0.3 is 10.1 Å². The molecule has 0 bridgehead atoms. The molecule has 112 valence electrons. The quantitative estimate of drug-likeness (QED) is 0.834. The van der Waals surface area contributed by atoms with Gasteiger partial charge in [-0.25, -0.2) is 0 Å². The van der Waals surface area contributed by atoms with Crippen LogP contribution in [0, 0.1) is 6.92 Å². The molecule has 0 radical (unpaired) electrons. The van der Waals surface area contributed by atoms with Crippen molar-refractivity contribution in [2.45, 2.75) is 46.4 Å². The fourth-order valence-electron chi connectivity index (χ4n) is 2.46. The molecule has 2 rings (SSSR count). The molecule has 0 fully saturated rings. The molecule has 1 N–H and O–H groups in total. The summed E-state index contributed by atoms with van der Waals surface area (Å²) in [6, 6.07) is 17.1. The summed E-state index contributed by atoms with van der Waals surface area (Å²) in [4.78, 5) is 0. The predicted molar refractivity (Wildman–Crippen MR) is 88.6 cm³/mol. The van der Waals surface area contributed by atoms with Crippen molar-refractivity contribution in [3.63, 3.8) is 0 Å². The van der Waals surface area contributed by atoms with Crippen LogP contribution in [0.3, 0.4) is 0 Å². The number of nitrogens with one attached hydrogen (secondary N) is 1. The molecule has 0 spiro atoms. The second-order valence-corrected chi connectivity index (χ2v) is 5.73. The molecule has 0 heterocycles. The third-order valence-corrected chi connectivity index (χ3v) is 3.59. The van der Waals surface area contributed by atoms with E-state index in [0.29, 0.717) is 6.04 Å². The summed E-state index contributed by atoms with van der Waals surface area (Å²) in [7, 11) is 0. The zero-order chi connectivity index (χ0) is 15.2. The van der Waals surface area contributed by atoms with Crippen LogP contribution >= 0.6 is 0 Å². The lowest BCUT2D eigenvalue weighted by Gasteiger charge is -2.19. The van der Waals surface area contributed by atoms with E-state index in [1.165, 1.54) is 16.7 Å². The second-order valence-electron chi connectivity index (χ2n) is 5.73. The van der Waals surface area contributed by atoms with E-state index in [0.717, 1.165) is 12.3 Å². The summed E-state index contributed by atoms with van der Waals surface area (Å²) >= 11 is 0. The highest BCUT2D eigenvalue weighted by molar-refractivity contribution is 5.34. The van der Waals surface area contributed by atoms with E-state index in [1.54, 1.807) is 0 Å². The molecular formula is C19H25NO. The van der Waals surface area contributed by atoms with E-state index >= 15 is 0 Å². The van der Waals surface area contributed by atoms with Crippen LogP contribution < -0.4 is 10.1 Å². The van der Waals surface area contributed by atoms with Crippen molar-refractivity contribution < 1.29 is 4.74 Å². The van der Waals surface area contributed by atoms with Gasteiger partial charge in [0.25, 0.3) is 0 Å². The maximum atomic E-state index is 5.87. The Kier molecular flexibility index (Phi) is 5.40. The van der Waals surface area contributed by atoms with Crippen LogP contribution in [-0.2, 0) is 6.54 Å². The molecule has 0 aliphatic heterocycles. The Labute approximate surface area is 128 Å². The number of para-hydroxylation sites is 1. The van der Waals surface area contributed by atoms with Crippen molar-refractivity contribution in [2.24, 2.45) is 0 Å². The maximum Gasteiger partial charge on any atom is 0.124 e. The standard InChI is InChI=1S/C19H25NO/c1-14(2)21-19-12-8-6-10-17(19)13-20-16(4)18-11-7-5-9-15(18)3/h5-12,14,16,20H,13H2,1-4H3. The molecule has 1 unspecified atom stereocenters. The van der Waals surface area contributed by atoms with Crippen molar-refractivity contribution in [2.75, 3.05) is 0 Å². The summed E-state index contributed by atoms with van der Waals surface area (Å²) in [5.74, 6) is 0.969. The van der Waals surface area contributed by atoms with Gasteiger partial charge in [-0.1, -0.05) is 42.5 Å². The minimum absolute atomic E-state index is 0.194. The third-order valence-electron chi connectivity index (χ3n) is 3.59. The Bertz CT molecular complexity index is 577. The van der Waals surface area contributed by atoms with E-state index in [-0.39, 0.29) is 6.10 Å². The Morgan fingerprint density at radius 2 is 1.62 bits per heavy atom. The number of benzene rings is 2. The summed E-state index contributed by atoms with van der Waals surface area (Å²) in [6.07, 6.45) is 0.194. The molecule has 0 amide bonds. The topological polar surface area (TPSA) is 21.3 Å². The lowest BCUT2D eigenvalue weighted by atomic mass is 10.0. The van der Waals surface area contributed by atoms with Crippen LogP contribution in [0.25, 0.3) is 0 Å². The lowest BCUT2D eigenvalue weighted by Crippen LogP contribution is -2.19. The Morgan fingerprint density at radius 1 is 0.952 bits per heavy atom. The van der Waals surface area contributed by atoms with Gasteiger partial charge in [0, 0.05) is 18.2 Å². The van der Waals surface area contributed by atoms with E-state index in [2.05, 4.69) is 69.4 Å². The molecule has 2 aromatic rings. The molecule has 2 nitrogen and oxygen atoms in total. The van der Waals surface area contributed by atoms with E-state index < -0.39 is 0 Å². The molecule has 0 aromatic heterocycles. The Balaban J connectivity index is 2.05. The molecule has 1 atom stereocenters. The van der Waals surface area contributed by atoms with Gasteiger partial charge in [0.1, 0.15) is 5.75 Å². The number of ether oxygens (including phenoxy) is 1. The first-order valence-electron chi connectivity index (χ1n) is 7.61. The first-order valence-corrected chi connectivity index (χ1v) is 7.61.